The van der Waals surface area contributed by atoms with Crippen LogP contribution < -0.4 is 16.4 Å². The van der Waals surface area contributed by atoms with E-state index >= 15 is 0 Å². The Morgan fingerprint density at radius 2 is 1.95 bits per heavy atom. The molecule has 0 radical (unpaired) electrons. The Hall–Kier alpha value is -2.21. The summed E-state index contributed by atoms with van der Waals surface area (Å²) in [5.41, 5.74) is 6.88. The predicted octanol–water partition coefficient (Wildman–Crippen LogP) is 0.882. The molecule has 1 aliphatic rings. The van der Waals surface area contributed by atoms with Crippen molar-refractivity contribution in [3.63, 3.8) is 0 Å². The lowest BCUT2D eigenvalue weighted by atomic mass is 9.99. The summed E-state index contributed by atoms with van der Waals surface area (Å²) in [7, 11) is 0. The molecule has 0 saturated carbocycles. The highest BCUT2D eigenvalue weighted by atomic mass is 16.2. The Kier molecular flexibility index (Phi) is 3.85. The number of rotatable bonds is 4. The molecule has 1 heterocycles. The van der Waals surface area contributed by atoms with Gasteiger partial charge in [0.15, 0.2) is 0 Å². The topological polar surface area (TPSA) is 101 Å². The second-order valence-electron chi connectivity index (χ2n) is 4.94. The van der Waals surface area contributed by atoms with Crippen LogP contribution in [0.1, 0.15) is 41.0 Å². The van der Waals surface area contributed by atoms with Crippen molar-refractivity contribution in [3.8, 4) is 0 Å². The van der Waals surface area contributed by atoms with Gasteiger partial charge in [0.2, 0.25) is 5.91 Å². The molecule has 1 aliphatic heterocycles. The maximum Gasteiger partial charge on any atom is 0.259 e. The number of nitrogens with one attached hydrogen (secondary N) is 2. The molecule has 6 nitrogen and oxygen atoms in total. The maximum atomic E-state index is 12.0. The van der Waals surface area contributed by atoms with Crippen molar-refractivity contribution in [1.82, 2.24) is 5.32 Å². The smallest absolute Gasteiger partial charge is 0.259 e. The highest BCUT2D eigenvalue weighted by Gasteiger charge is 2.27. The van der Waals surface area contributed by atoms with Crippen molar-refractivity contribution in [1.29, 1.82) is 0 Å². The van der Waals surface area contributed by atoms with E-state index in [9.17, 15) is 14.4 Å². The van der Waals surface area contributed by atoms with Gasteiger partial charge in [0.05, 0.1) is 17.2 Å². The fourth-order valence-corrected chi connectivity index (χ4v) is 1.98. The first kappa shape index (κ1) is 14.2. The van der Waals surface area contributed by atoms with Gasteiger partial charge in [-0.25, -0.2) is 0 Å². The van der Waals surface area contributed by atoms with Crippen molar-refractivity contribution in [2.24, 2.45) is 11.7 Å². The van der Waals surface area contributed by atoms with Crippen LogP contribution in [0.5, 0.6) is 0 Å². The number of nitrogens with two attached hydrogens (primary N) is 1. The first-order valence-electron chi connectivity index (χ1n) is 6.50. The number of carbonyl (C=O) groups is 3. The molecule has 0 fully saturated rings. The minimum Gasteiger partial charge on any atom is -0.325 e. The predicted molar refractivity (Wildman–Crippen MR) is 74.3 cm³/mol. The van der Waals surface area contributed by atoms with Crippen LogP contribution in [0.4, 0.5) is 5.69 Å². The number of amides is 3. The van der Waals surface area contributed by atoms with E-state index in [4.69, 9.17) is 5.73 Å². The Bertz CT molecular complexity index is 583. The standard InChI is InChI=1S/C14H17N3O3/c1-3-7(2)11(15)14(20)16-8-4-5-9-10(6-8)13(19)17-12(9)18/h4-7,11H,3,15H2,1-2H3,(H,16,20)(H,17,18,19). The molecule has 3 amide bonds. The Morgan fingerprint density at radius 3 is 2.60 bits per heavy atom. The van der Waals surface area contributed by atoms with Gasteiger partial charge < -0.3 is 11.1 Å². The van der Waals surface area contributed by atoms with Gasteiger partial charge in [-0.1, -0.05) is 20.3 Å². The lowest BCUT2D eigenvalue weighted by Gasteiger charge is -2.17. The Morgan fingerprint density at radius 1 is 1.30 bits per heavy atom. The molecule has 106 valence electrons. The molecule has 1 aromatic rings. The highest BCUT2D eigenvalue weighted by molar-refractivity contribution is 6.22. The van der Waals surface area contributed by atoms with Crippen molar-refractivity contribution in [2.45, 2.75) is 26.3 Å². The van der Waals surface area contributed by atoms with Crippen LogP contribution in [-0.4, -0.2) is 23.8 Å². The van der Waals surface area contributed by atoms with Gasteiger partial charge in [-0.2, -0.15) is 0 Å². The van der Waals surface area contributed by atoms with Crippen LogP contribution in [0.3, 0.4) is 0 Å². The molecule has 2 rings (SSSR count). The van der Waals surface area contributed by atoms with Gasteiger partial charge in [0.25, 0.3) is 11.8 Å². The summed E-state index contributed by atoms with van der Waals surface area (Å²) in [5.74, 6) is -1.11. The first-order chi connectivity index (χ1) is 9.43. The third-order valence-electron chi connectivity index (χ3n) is 3.56. The zero-order valence-corrected chi connectivity index (χ0v) is 11.4. The first-order valence-corrected chi connectivity index (χ1v) is 6.50. The zero-order valence-electron chi connectivity index (χ0n) is 11.4. The summed E-state index contributed by atoms with van der Waals surface area (Å²) in [6.45, 7) is 3.86. The van der Waals surface area contributed by atoms with E-state index in [1.54, 1.807) is 6.07 Å². The zero-order chi connectivity index (χ0) is 14.9. The minimum absolute atomic E-state index is 0.0642. The molecule has 0 aromatic heterocycles. The summed E-state index contributed by atoms with van der Waals surface area (Å²) in [6.07, 6.45) is 0.801. The van der Waals surface area contributed by atoms with E-state index in [0.29, 0.717) is 11.3 Å². The third kappa shape index (κ3) is 2.55. The number of fused-ring (bicyclic) bond motifs is 1. The average Bonchev–Trinajstić information content (AvgIpc) is 2.72. The number of carbonyl (C=O) groups excluding carboxylic acids is 3. The van der Waals surface area contributed by atoms with E-state index in [0.717, 1.165) is 6.42 Å². The van der Waals surface area contributed by atoms with E-state index in [1.807, 2.05) is 13.8 Å². The fraction of sp³-hybridized carbons (Fsp3) is 0.357. The molecule has 2 atom stereocenters. The molecular weight excluding hydrogens is 258 g/mol. The number of hydrogen-bond acceptors (Lipinski definition) is 4. The van der Waals surface area contributed by atoms with E-state index in [1.165, 1.54) is 12.1 Å². The molecule has 2 unspecified atom stereocenters. The second-order valence-corrected chi connectivity index (χ2v) is 4.94. The summed E-state index contributed by atoms with van der Waals surface area (Å²) < 4.78 is 0. The summed E-state index contributed by atoms with van der Waals surface area (Å²) in [4.78, 5) is 34.9. The largest absolute Gasteiger partial charge is 0.325 e. The van der Waals surface area contributed by atoms with Gasteiger partial charge in [-0.05, 0) is 24.1 Å². The second kappa shape index (κ2) is 5.42. The van der Waals surface area contributed by atoms with Crippen LogP contribution in [-0.2, 0) is 4.79 Å². The third-order valence-corrected chi connectivity index (χ3v) is 3.56. The average molecular weight is 275 g/mol. The molecule has 0 aliphatic carbocycles. The van der Waals surface area contributed by atoms with Crippen molar-refractivity contribution >= 4 is 23.4 Å². The highest BCUT2D eigenvalue weighted by Crippen LogP contribution is 2.20. The summed E-state index contributed by atoms with van der Waals surface area (Å²) in [6, 6.07) is 3.97. The Balaban J connectivity index is 2.16. The number of hydrogen-bond donors (Lipinski definition) is 3. The molecule has 0 saturated heterocycles. The van der Waals surface area contributed by atoms with Crippen LogP contribution in [0.25, 0.3) is 0 Å². The monoisotopic (exact) mass is 275 g/mol. The SMILES string of the molecule is CCC(C)C(N)C(=O)Nc1ccc2c(c1)C(=O)NC2=O. The summed E-state index contributed by atoms with van der Waals surface area (Å²) in [5, 5.41) is 4.86. The minimum atomic E-state index is -0.608. The number of benzene rings is 1. The van der Waals surface area contributed by atoms with E-state index in [2.05, 4.69) is 10.6 Å². The van der Waals surface area contributed by atoms with Gasteiger partial charge in [-0.3, -0.25) is 19.7 Å². The fourth-order valence-electron chi connectivity index (χ4n) is 1.98. The summed E-state index contributed by atoms with van der Waals surface area (Å²) >= 11 is 0. The maximum absolute atomic E-state index is 12.0. The van der Waals surface area contributed by atoms with Crippen LogP contribution in [0.2, 0.25) is 0 Å². The molecule has 20 heavy (non-hydrogen) atoms. The van der Waals surface area contributed by atoms with Gasteiger partial charge in [-0.15, -0.1) is 0 Å². The van der Waals surface area contributed by atoms with Crippen molar-refractivity contribution < 1.29 is 14.4 Å². The molecule has 1 aromatic carbocycles. The van der Waals surface area contributed by atoms with E-state index < -0.39 is 17.9 Å². The molecular formula is C14H17N3O3. The molecule has 0 bridgehead atoms. The van der Waals surface area contributed by atoms with Crippen LogP contribution in [0, 0.1) is 5.92 Å². The molecule has 0 spiro atoms. The van der Waals surface area contributed by atoms with E-state index in [-0.39, 0.29) is 17.4 Å². The number of imide groups is 1. The lowest BCUT2D eigenvalue weighted by Crippen LogP contribution is -2.40. The number of anilines is 1. The lowest BCUT2D eigenvalue weighted by molar-refractivity contribution is -0.118. The Labute approximate surface area is 116 Å². The van der Waals surface area contributed by atoms with Gasteiger partial charge in [0.1, 0.15) is 0 Å². The quantitative estimate of drug-likeness (QED) is 0.710. The van der Waals surface area contributed by atoms with Crippen molar-refractivity contribution in [3.05, 3.63) is 29.3 Å². The normalized spacial score (nSPS) is 16.4. The van der Waals surface area contributed by atoms with Gasteiger partial charge >= 0.3 is 0 Å². The van der Waals surface area contributed by atoms with Crippen LogP contribution >= 0.6 is 0 Å². The molecule has 4 N–H and O–H groups in total. The van der Waals surface area contributed by atoms with Crippen molar-refractivity contribution in [2.75, 3.05) is 5.32 Å². The molecule has 6 heteroatoms. The van der Waals surface area contributed by atoms with Gasteiger partial charge in [0, 0.05) is 5.69 Å². The van der Waals surface area contributed by atoms with Crippen LogP contribution in [0.15, 0.2) is 18.2 Å².